The van der Waals surface area contributed by atoms with E-state index in [1.54, 1.807) is 36.3 Å². The molecule has 0 saturated heterocycles. The molecule has 0 aliphatic rings. The van der Waals surface area contributed by atoms with Crippen LogP contribution in [0.1, 0.15) is 6.92 Å². The van der Waals surface area contributed by atoms with Gasteiger partial charge >= 0.3 is 5.97 Å². The van der Waals surface area contributed by atoms with Gasteiger partial charge < -0.3 is 10.1 Å². The first kappa shape index (κ1) is 12.1. The van der Waals surface area contributed by atoms with Crippen molar-refractivity contribution in [1.29, 1.82) is 0 Å². The van der Waals surface area contributed by atoms with Crippen molar-refractivity contribution in [3.8, 4) is 5.82 Å². The molecule has 94 valence electrons. The molecule has 1 atom stereocenters. The first-order valence-electron chi connectivity index (χ1n) is 5.52. The molecule has 1 N–H and O–H groups in total. The number of carbonyl (C=O) groups excluding carboxylic acids is 1. The number of hydrogen-bond donors (Lipinski definition) is 1. The second kappa shape index (κ2) is 5.31. The van der Waals surface area contributed by atoms with Crippen LogP contribution in [-0.2, 0) is 9.53 Å². The van der Waals surface area contributed by atoms with Crippen molar-refractivity contribution in [2.24, 2.45) is 0 Å². The quantitative estimate of drug-likeness (QED) is 0.822. The lowest BCUT2D eigenvalue weighted by atomic mass is 10.3. The summed E-state index contributed by atoms with van der Waals surface area (Å²) < 4.78 is 6.30. The number of pyridine rings is 1. The maximum absolute atomic E-state index is 11.4. The predicted octanol–water partition coefficient (Wildman–Crippen LogP) is 1.24. The molecule has 0 amide bonds. The van der Waals surface area contributed by atoms with Gasteiger partial charge in [-0.05, 0) is 25.1 Å². The van der Waals surface area contributed by atoms with Gasteiger partial charge in [0.25, 0.3) is 0 Å². The van der Waals surface area contributed by atoms with Crippen LogP contribution in [-0.4, -0.2) is 33.9 Å². The number of anilines is 1. The molecule has 1 unspecified atom stereocenters. The Kier molecular flexibility index (Phi) is 3.57. The average Bonchev–Trinajstić information content (AvgIpc) is 2.92. The van der Waals surface area contributed by atoms with E-state index in [1.165, 1.54) is 7.11 Å². The third-order valence-corrected chi connectivity index (χ3v) is 2.43. The van der Waals surface area contributed by atoms with Crippen molar-refractivity contribution in [2.75, 3.05) is 12.4 Å². The van der Waals surface area contributed by atoms with E-state index in [9.17, 15) is 4.79 Å². The van der Waals surface area contributed by atoms with Gasteiger partial charge in [-0.25, -0.2) is 14.5 Å². The Morgan fingerprint density at radius 3 is 2.94 bits per heavy atom. The van der Waals surface area contributed by atoms with Crippen LogP contribution in [0.25, 0.3) is 5.82 Å². The number of methoxy groups -OCH3 is 1. The zero-order valence-electron chi connectivity index (χ0n) is 10.2. The van der Waals surface area contributed by atoms with Crippen LogP contribution in [0, 0.1) is 0 Å². The minimum absolute atomic E-state index is 0.328. The van der Waals surface area contributed by atoms with Crippen LogP contribution in [0.2, 0.25) is 0 Å². The van der Waals surface area contributed by atoms with Crippen molar-refractivity contribution < 1.29 is 9.53 Å². The molecule has 2 aromatic heterocycles. The number of hydrogen-bond acceptors (Lipinski definition) is 5. The Balaban J connectivity index is 2.26. The summed E-state index contributed by atoms with van der Waals surface area (Å²) in [5.74, 6) is 0.309. The van der Waals surface area contributed by atoms with Crippen molar-refractivity contribution in [3.05, 3.63) is 36.8 Å². The molecule has 0 bridgehead atoms. The molecule has 2 aromatic rings. The van der Waals surface area contributed by atoms with Gasteiger partial charge in [0.05, 0.1) is 12.8 Å². The van der Waals surface area contributed by atoms with Crippen LogP contribution in [0.3, 0.4) is 0 Å². The molecule has 0 aliphatic carbocycles. The highest BCUT2D eigenvalue weighted by molar-refractivity contribution is 5.79. The standard InChI is InChI=1S/C12H14N4O2/c1-9(12(17)18-2)15-10-5-3-6-13-11(10)16-8-4-7-14-16/h3-9,15H,1-2H3. The summed E-state index contributed by atoms with van der Waals surface area (Å²) in [6.45, 7) is 1.73. The summed E-state index contributed by atoms with van der Waals surface area (Å²) in [5.41, 5.74) is 0.721. The van der Waals surface area contributed by atoms with Gasteiger partial charge in [-0.3, -0.25) is 0 Å². The average molecular weight is 246 g/mol. The largest absolute Gasteiger partial charge is 0.467 e. The Hall–Kier alpha value is -2.37. The summed E-state index contributed by atoms with van der Waals surface area (Å²) in [6, 6.07) is 4.99. The highest BCUT2D eigenvalue weighted by Crippen LogP contribution is 2.17. The van der Waals surface area contributed by atoms with E-state index in [-0.39, 0.29) is 5.97 Å². The predicted molar refractivity (Wildman–Crippen MR) is 66.5 cm³/mol. The molecule has 0 aromatic carbocycles. The SMILES string of the molecule is COC(=O)C(C)Nc1cccnc1-n1cccn1. The van der Waals surface area contributed by atoms with Gasteiger partial charge in [-0.2, -0.15) is 5.10 Å². The van der Waals surface area contributed by atoms with E-state index in [1.807, 2.05) is 12.1 Å². The minimum Gasteiger partial charge on any atom is -0.467 e. The van der Waals surface area contributed by atoms with Crippen molar-refractivity contribution in [3.63, 3.8) is 0 Å². The molecule has 18 heavy (non-hydrogen) atoms. The van der Waals surface area contributed by atoms with Gasteiger partial charge in [-0.1, -0.05) is 0 Å². The van der Waals surface area contributed by atoms with E-state index < -0.39 is 6.04 Å². The third kappa shape index (κ3) is 2.48. The molecular formula is C12H14N4O2. The summed E-state index contributed by atoms with van der Waals surface area (Å²) >= 11 is 0. The lowest BCUT2D eigenvalue weighted by Gasteiger charge is -2.15. The highest BCUT2D eigenvalue weighted by atomic mass is 16.5. The number of nitrogens with one attached hydrogen (secondary N) is 1. The molecule has 0 aliphatic heterocycles. The van der Waals surface area contributed by atoms with E-state index in [0.29, 0.717) is 5.82 Å². The van der Waals surface area contributed by atoms with Gasteiger partial charge in [-0.15, -0.1) is 0 Å². The van der Waals surface area contributed by atoms with Crippen LogP contribution in [0.4, 0.5) is 5.69 Å². The molecule has 0 spiro atoms. The fourth-order valence-electron chi connectivity index (χ4n) is 1.56. The van der Waals surface area contributed by atoms with E-state index in [2.05, 4.69) is 20.1 Å². The van der Waals surface area contributed by atoms with Crippen molar-refractivity contribution in [2.45, 2.75) is 13.0 Å². The first-order chi connectivity index (χ1) is 8.72. The van der Waals surface area contributed by atoms with E-state index in [0.717, 1.165) is 5.69 Å². The zero-order chi connectivity index (χ0) is 13.0. The second-order valence-corrected chi connectivity index (χ2v) is 3.71. The lowest BCUT2D eigenvalue weighted by molar-refractivity contribution is -0.141. The van der Waals surface area contributed by atoms with Crippen LogP contribution < -0.4 is 5.32 Å². The highest BCUT2D eigenvalue weighted by Gasteiger charge is 2.15. The Labute approximate surface area is 105 Å². The van der Waals surface area contributed by atoms with Gasteiger partial charge in [0.15, 0.2) is 5.82 Å². The van der Waals surface area contributed by atoms with Crippen molar-refractivity contribution in [1.82, 2.24) is 14.8 Å². The second-order valence-electron chi connectivity index (χ2n) is 3.71. The monoisotopic (exact) mass is 246 g/mol. The van der Waals surface area contributed by atoms with Gasteiger partial charge in [0, 0.05) is 18.6 Å². The molecule has 6 heteroatoms. The number of carbonyl (C=O) groups is 1. The fraction of sp³-hybridized carbons (Fsp3) is 0.250. The van der Waals surface area contributed by atoms with Crippen molar-refractivity contribution >= 4 is 11.7 Å². The Morgan fingerprint density at radius 2 is 2.28 bits per heavy atom. The number of nitrogens with zero attached hydrogens (tertiary/aromatic N) is 3. The molecule has 0 saturated carbocycles. The summed E-state index contributed by atoms with van der Waals surface area (Å²) in [4.78, 5) is 15.6. The number of aromatic nitrogens is 3. The summed E-state index contributed by atoms with van der Waals surface area (Å²) in [5, 5.41) is 7.17. The van der Waals surface area contributed by atoms with E-state index >= 15 is 0 Å². The number of rotatable bonds is 4. The van der Waals surface area contributed by atoms with E-state index in [4.69, 9.17) is 0 Å². The smallest absolute Gasteiger partial charge is 0.327 e. The molecule has 0 fully saturated rings. The van der Waals surface area contributed by atoms with Crippen LogP contribution in [0.5, 0.6) is 0 Å². The third-order valence-electron chi connectivity index (χ3n) is 2.43. The molecular weight excluding hydrogens is 232 g/mol. The molecule has 2 rings (SSSR count). The van der Waals surface area contributed by atoms with Gasteiger partial charge in [0.2, 0.25) is 0 Å². The lowest BCUT2D eigenvalue weighted by Crippen LogP contribution is -2.27. The first-order valence-corrected chi connectivity index (χ1v) is 5.52. The maximum atomic E-state index is 11.4. The molecule has 2 heterocycles. The van der Waals surface area contributed by atoms with Crippen LogP contribution >= 0.6 is 0 Å². The number of ether oxygens (including phenoxy) is 1. The number of esters is 1. The zero-order valence-corrected chi connectivity index (χ0v) is 10.2. The minimum atomic E-state index is -0.450. The Morgan fingerprint density at radius 1 is 1.44 bits per heavy atom. The van der Waals surface area contributed by atoms with Crippen LogP contribution in [0.15, 0.2) is 36.8 Å². The topological polar surface area (TPSA) is 69.0 Å². The fourth-order valence-corrected chi connectivity index (χ4v) is 1.56. The molecule has 6 nitrogen and oxygen atoms in total. The van der Waals surface area contributed by atoms with Gasteiger partial charge in [0.1, 0.15) is 6.04 Å². The normalized spacial score (nSPS) is 11.9. The maximum Gasteiger partial charge on any atom is 0.327 e. The summed E-state index contributed by atoms with van der Waals surface area (Å²) in [7, 11) is 1.36. The summed E-state index contributed by atoms with van der Waals surface area (Å²) in [6.07, 6.45) is 5.13. The molecule has 0 radical (unpaired) electrons. The Bertz CT molecular complexity index is 525.